The minimum Gasteiger partial charge on any atom is -0.493 e. The third-order valence-electron chi connectivity index (χ3n) is 2.43. The van der Waals surface area contributed by atoms with Gasteiger partial charge in [0.25, 0.3) is 0 Å². The maximum Gasteiger partial charge on any atom is 0.223 e. The van der Waals surface area contributed by atoms with Crippen LogP contribution in [-0.4, -0.2) is 25.6 Å². The van der Waals surface area contributed by atoms with Crippen molar-refractivity contribution in [2.45, 2.75) is 19.8 Å². The van der Waals surface area contributed by atoms with Crippen LogP contribution in [0.1, 0.15) is 18.9 Å². The second-order valence-electron chi connectivity index (χ2n) is 3.81. The summed E-state index contributed by atoms with van der Waals surface area (Å²) in [6.45, 7) is 3.36. The zero-order valence-electron chi connectivity index (χ0n) is 10.5. The Labute approximate surface area is 112 Å². The lowest BCUT2D eigenvalue weighted by atomic mass is 10.1. The molecule has 0 saturated heterocycles. The number of carbonyl (C=O) groups is 1. The van der Waals surface area contributed by atoms with Crippen molar-refractivity contribution in [2.75, 3.05) is 19.7 Å². The van der Waals surface area contributed by atoms with Crippen molar-refractivity contribution < 1.29 is 9.53 Å². The lowest BCUT2D eigenvalue weighted by molar-refractivity contribution is -0.121. The van der Waals surface area contributed by atoms with Crippen LogP contribution in [-0.2, 0) is 11.2 Å². The van der Waals surface area contributed by atoms with Crippen molar-refractivity contribution >= 4 is 17.5 Å². The van der Waals surface area contributed by atoms with Gasteiger partial charge in [0.05, 0.1) is 13.0 Å². The van der Waals surface area contributed by atoms with E-state index in [0.717, 1.165) is 5.56 Å². The van der Waals surface area contributed by atoms with E-state index in [4.69, 9.17) is 22.1 Å². The second kappa shape index (κ2) is 7.95. The molecule has 0 bridgehead atoms. The summed E-state index contributed by atoms with van der Waals surface area (Å²) in [7, 11) is 0. The number of rotatable bonds is 7. The standard InChI is InChI=1S/C13H19ClN2O2/c1-2-16-13(17)7-9-18-12-5-3-4-11(14)10(12)6-8-15/h3-5H,2,6-9,15H2,1H3,(H,16,17). The first kappa shape index (κ1) is 14.8. The number of amides is 1. The van der Waals surface area contributed by atoms with Crippen molar-refractivity contribution in [3.8, 4) is 5.75 Å². The van der Waals surface area contributed by atoms with E-state index in [9.17, 15) is 4.79 Å². The Morgan fingerprint density at radius 1 is 1.50 bits per heavy atom. The van der Waals surface area contributed by atoms with Gasteiger partial charge in [-0.25, -0.2) is 0 Å². The Morgan fingerprint density at radius 3 is 2.94 bits per heavy atom. The Hall–Kier alpha value is -1.26. The van der Waals surface area contributed by atoms with Crippen LogP contribution in [0.15, 0.2) is 18.2 Å². The number of hydrogen-bond acceptors (Lipinski definition) is 3. The van der Waals surface area contributed by atoms with E-state index in [1.54, 1.807) is 0 Å². The lowest BCUT2D eigenvalue weighted by Gasteiger charge is -2.12. The van der Waals surface area contributed by atoms with Crippen LogP contribution in [0.25, 0.3) is 0 Å². The molecule has 0 aromatic heterocycles. The summed E-state index contributed by atoms with van der Waals surface area (Å²) in [5.41, 5.74) is 6.44. The minimum absolute atomic E-state index is 0.0140. The molecule has 0 fully saturated rings. The van der Waals surface area contributed by atoms with E-state index in [2.05, 4.69) is 5.32 Å². The Bertz CT molecular complexity index is 397. The molecule has 1 amide bonds. The molecule has 1 rings (SSSR count). The van der Waals surface area contributed by atoms with Crippen LogP contribution in [0.4, 0.5) is 0 Å². The molecule has 0 radical (unpaired) electrons. The van der Waals surface area contributed by atoms with Gasteiger partial charge in [0.15, 0.2) is 0 Å². The minimum atomic E-state index is -0.0140. The Morgan fingerprint density at radius 2 is 2.28 bits per heavy atom. The number of nitrogens with one attached hydrogen (secondary N) is 1. The smallest absolute Gasteiger partial charge is 0.223 e. The molecule has 0 atom stereocenters. The van der Waals surface area contributed by atoms with Gasteiger partial charge in [0.1, 0.15) is 5.75 Å². The average Bonchev–Trinajstić information content (AvgIpc) is 2.34. The number of ether oxygens (including phenoxy) is 1. The van der Waals surface area contributed by atoms with E-state index in [1.807, 2.05) is 25.1 Å². The van der Waals surface area contributed by atoms with Gasteiger partial charge in [0.2, 0.25) is 5.91 Å². The highest BCUT2D eigenvalue weighted by molar-refractivity contribution is 6.31. The van der Waals surface area contributed by atoms with Crippen LogP contribution in [0, 0.1) is 0 Å². The fraction of sp³-hybridized carbons (Fsp3) is 0.462. The predicted octanol–water partition coefficient (Wildman–Crippen LogP) is 1.75. The van der Waals surface area contributed by atoms with Gasteiger partial charge in [-0.15, -0.1) is 0 Å². The zero-order chi connectivity index (χ0) is 13.4. The monoisotopic (exact) mass is 270 g/mol. The zero-order valence-corrected chi connectivity index (χ0v) is 11.3. The summed E-state index contributed by atoms with van der Waals surface area (Å²) in [6, 6.07) is 5.47. The van der Waals surface area contributed by atoms with Crippen molar-refractivity contribution in [1.29, 1.82) is 0 Å². The number of halogens is 1. The summed E-state index contributed by atoms with van der Waals surface area (Å²) in [5.74, 6) is 0.692. The van der Waals surface area contributed by atoms with Gasteiger partial charge < -0.3 is 15.8 Å². The topological polar surface area (TPSA) is 64.3 Å². The number of nitrogens with two attached hydrogens (primary N) is 1. The van der Waals surface area contributed by atoms with Gasteiger partial charge in [-0.2, -0.15) is 0 Å². The van der Waals surface area contributed by atoms with E-state index in [1.165, 1.54) is 0 Å². The van der Waals surface area contributed by atoms with Crippen molar-refractivity contribution in [2.24, 2.45) is 5.73 Å². The largest absolute Gasteiger partial charge is 0.493 e. The molecular weight excluding hydrogens is 252 g/mol. The Balaban J connectivity index is 2.56. The van der Waals surface area contributed by atoms with Gasteiger partial charge in [0, 0.05) is 17.1 Å². The van der Waals surface area contributed by atoms with E-state index in [-0.39, 0.29) is 5.91 Å². The molecule has 0 spiro atoms. The predicted molar refractivity (Wildman–Crippen MR) is 73.0 cm³/mol. The molecule has 0 saturated carbocycles. The van der Waals surface area contributed by atoms with Crippen molar-refractivity contribution in [1.82, 2.24) is 5.32 Å². The SMILES string of the molecule is CCNC(=O)CCOc1cccc(Cl)c1CCN. The maximum absolute atomic E-state index is 11.3. The van der Waals surface area contributed by atoms with E-state index < -0.39 is 0 Å². The summed E-state index contributed by atoms with van der Waals surface area (Å²) in [5, 5.41) is 3.37. The van der Waals surface area contributed by atoms with E-state index >= 15 is 0 Å². The molecule has 0 aliphatic carbocycles. The Kier molecular flexibility index (Phi) is 6.54. The first-order valence-electron chi connectivity index (χ1n) is 6.06. The van der Waals surface area contributed by atoms with Crippen molar-refractivity contribution in [3.63, 3.8) is 0 Å². The fourth-order valence-electron chi connectivity index (χ4n) is 1.60. The summed E-state index contributed by atoms with van der Waals surface area (Å²) >= 11 is 6.08. The molecule has 1 aromatic carbocycles. The molecule has 5 heteroatoms. The molecule has 0 unspecified atom stereocenters. The third kappa shape index (κ3) is 4.55. The average molecular weight is 271 g/mol. The molecule has 1 aromatic rings. The molecule has 0 heterocycles. The van der Waals surface area contributed by atoms with Gasteiger partial charge in [-0.05, 0) is 32.0 Å². The molecule has 0 aliphatic heterocycles. The highest BCUT2D eigenvalue weighted by Crippen LogP contribution is 2.26. The summed E-state index contributed by atoms with van der Waals surface area (Å²) < 4.78 is 5.59. The fourth-order valence-corrected chi connectivity index (χ4v) is 1.86. The normalized spacial score (nSPS) is 10.2. The van der Waals surface area contributed by atoms with Crippen LogP contribution in [0.5, 0.6) is 5.75 Å². The van der Waals surface area contributed by atoms with Crippen LogP contribution in [0.2, 0.25) is 5.02 Å². The number of benzene rings is 1. The second-order valence-corrected chi connectivity index (χ2v) is 4.21. The first-order valence-corrected chi connectivity index (χ1v) is 6.43. The van der Waals surface area contributed by atoms with Crippen molar-refractivity contribution in [3.05, 3.63) is 28.8 Å². The van der Waals surface area contributed by atoms with Crippen LogP contribution >= 0.6 is 11.6 Å². The van der Waals surface area contributed by atoms with Gasteiger partial charge in [-0.3, -0.25) is 4.79 Å². The van der Waals surface area contributed by atoms with Gasteiger partial charge >= 0.3 is 0 Å². The lowest BCUT2D eigenvalue weighted by Crippen LogP contribution is -2.24. The van der Waals surface area contributed by atoms with E-state index in [0.29, 0.717) is 43.3 Å². The quantitative estimate of drug-likeness (QED) is 0.793. The molecule has 100 valence electrons. The third-order valence-corrected chi connectivity index (χ3v) is 2.78. The van der Waals surface area contributed by atoms with Gasteiger partial charge in [-0.1, -0.05) is 17.7 Å². The summed E-state index contributed by atoms with van der Waals surface area (Å²) in [6.07, 6.45) is 0.999. The highest BCUT2D eigenvalue weighted by Gasteiger charge is 2.08. The van der Waals surface area contributed by atoms with Crippen LogP contribution in [0.3, 0.4) is 0 Å². The summed E-state index contributed by atoms with van der Waals surface area (Å²) in [4.78, 5) is 11.3. The van der Waals surface area contributed by atoms with Crippen LogP contribution < -0.4 is 15.8 Å². The first-order chi connectivity index (χ1) is 8.69. The molecule has 4 nitrogen and oxygen atoms in total. The number of carbonyl (C=O) groups excluding carboxylic acids is 1. The maximum atomic E-state index is 11.3. The number of hydrogen-bond donors (Lipinski definition) is 2. The molecule has 18 heavy (non-hydrogen) atoms. The molecular formula is C13H19ClN2O2. The highest BCUT2D eigenvalue weighted by atomic mass is 35.5. The molecule has 3 N–H and O–H groups in total. The molecule has 0 aliphatic rings.